The van der Waals surface area contributed by atoms with Crippen LogP contribution in [0.25, 0.3) is 0 Å². The van der Waals surface area contributed by atoms with Gasteiger partial charge in [0.1, 0.15) is 16.8 Å². The Morgan fingerprint density at radius 2 is 1.91 bits per heavy atom. The van der Waals surface area contributed by atoms with Gasteiger partial charge in [0, 0.05) is 50.7 Å². The number of halogens is 1. The summed E-state index contributed by atoms with van der Waals surface area (Å²) in [6.45, 7) is 10.1. The largest absolute Gasteiger partial charge is 0.368 e. The third-order valence-corrected chi connectivity index (χ3v) is 5.12. The normalized spacial score (nSPS) is 21.6. The lowest BCUT2D eigenvalue weighted by Crippen LogP contribution is -2.52. The first-order valence-electron chi connectivity index (χ1n) is 8.74. The Morgan fingerprint density at radius 1 is 1.22 bits per heavy atom. The number of aromatic nitrogens is 2. The van der Waals surface area contributed by atoms with Gasteiger partial charge in [0.05, 0.1) is 0 Å². The zero-order valence-corrected chi connectivity index (χ0v) is 15.2. The van der Waals surface area contributed by atoms with Crippen molar-refractivity contribution in [3.05, 3.63) is 17.0 Å². The molecule has 2 aliphatic rings. The van der Waals surface area contributed by atoms with Crippen LogP contribution in [0.5, 0.6) is 0 Å². The van der Waals surface area contributed by atoms with Gasteiger partial charge in [0.25, 0.3) is 0 Å². The summed E-state index contributed by atoms with van der Waals surface area (Å²) in [7, 11) is 2.20. The van der Waals surface area contributed by atoms with Gasteiger partial charge < -0.3 is 10.2 Å². The van der Waals surface area contributed by atoms with Gasteiger partial charge in [-0.05, 0) is 25.8 Å². The molecule has 6 heteroatoms. The SMILES string of the molecule is CC(C)C(CNc1cc(Cl)nc(C2CC2)n1)N1CCN(C)CC1. The highest BCUT2D eigenvalue weighted by Gasteiger charge is 2.28. The maximum Gasteiger partial charge on any atom is 0.135 e. The van der Waals surface area contributed by atoms with Crippen molar-refractivity contribution >= 4 is 17.4 Å². The highest BCUT2D eigenvalue weighted by atomic mass is 35.5. The van der Waals surface area contributed by atoms with Crippen LogP contribution in [0.4, 0.5) is 5.82 Å². The molecule has 1 N–H and O–H groups in total. The highest BCUT2D eigenvalue weighted by molar-refractivity contribution is 6.29. The van der Waals surface area contributed by atoms with Crippen molar-refractivity contribution in [3.8, 4) is 0 Å². The van der Waals surface area contributed by atoms with E-state index in [2.05, 4.69) is 46.0 Å². The van der Waals surface area contributed by atoms with Crippen LogP contribution in [0, 0.1) is 5.92 Å². The predicted molar refractivity (Wildman–Crippen MR) is 95.2 cm³/mol. The average molecular weight is 338 g/mol. The number of nitrogens with zero attached hydrogens (tertiary/aromatic N) is 4. The minimum absolute atomic E-state index is 0.516. The third kappa shape index (κ3) is 4.55. The van der Waals surface area contributed by atoms with E-state index in [0.717, 1.165) is 44.4 Å². The summed E-state index contributed by atoms with van der Waals surface area (Å²) in [4.78, 5) is 14.0. The average Bonchev–Trinajstić information content (AvgIpc) is 3.33. The van der Waals surface area contributed by atoms with E-state index < -0.39 is 0 Å². The van der Waals surface area contributed by atoms with Gasteiger partial charge in [-0.3, -0.25) is 4.90 Å². The Labute approximate surface area is 144 Å². The summed E-state index contributed by atoms with van der Waals surface area (Å²) in [5.41, 5.74) is 0. The van der Waals surface area contributed by atoms with Crippen molar-refractivity contribution in [3.63, 3.8) is 0 Å². The molecular formula is C17H28ClN5. The first-order chi connectivity index (χ1) is 11.0. The van der Waals surface area contributed by atoms with Crippen LogP contribution in [0.2, 0.25) is 5.15 Å². The number of hydrogen-bond donors (Lipinski definition) is 1. The lowest BCUT2D eigenvalue weighted by atomic mass is 10.0. The Balaban J connectivity index is 1.62. The minimum atomic E-state index is 0.516. The standard InChI is InChI=1S/C17H28ClN5/c1-12(2)14(23-8-6-22(3)7-9-23)11-19-16-10-15(18)20-17(21-16)13-4-5-13/h10,12-14H,4-9,11H2,1-3H3,(H,19,20,21). The highest BCUT2D eigenvalue weighted by Crippen LogP contribution is 2.38. The molecule has 1 atom stereocenters. The van der Waals surface area contributed by atoms with Crippen molar-refractivity contribution < 1.29 is 0 Å². The number of anilines is 1. The molecule has 1 unspecified atom stereocenters. The predicted octanol–water partition coefficient (Wildman–Crippen LogP) is 2.69. The molecule has 23 heavy (non-hydrogen) atoms. The van der Waals surface area contributed by atoms with Gasteiger partial charge in [-0.25, -0.2) is 9.97 Å². The second-order valence-corrected chi connectivity index (χ2v) is 7.63. The van der Waals surface area contributed by atoms with Crippen LogP contribution < -0.4 is 5.32 Å². The van der Waals surface area contributed by atoms with E-state index in [-0.39, 0.29) is 0 Å². The molecule has 0 radical (unpaired) electrons. The van der Waals surface area contributed by atoms with Crippen LogP contribution in [0.15, 0.2) is 6.07 Å². The van der Waals surface area contributed by atoms with Crippen molar-refractivity contribution in [2.45, 2.75) is 38.6 Å². The lowest BCUT2D eigenvalue weighted by molar-refractivity contribution is 0.0944. The Kier molecular flexibility index (Phi) is 5.39. The Hall–Kier alpha value is -0.910. The second-order valence-electron chi connectivity index (χ2n) is 7.24. The third-order valence-electron chi connectivity index (χ3n) is 4.92. The second kappa shape index (κ2) is 7.32. The van der Waals surface area contributed by atoms with Crippen LogP contribution in [0.1, 0.15) is 38.4 Å². The monoisotopic (exact) mass is 337 g/mol. The molecule has 1 saturated heterocycles. The molecule has 3 rings (SSSR count). The molecule has 0 bridgehead atoms. The summed E-state index contributed by atoms with van der Waals surface area (Å²) < 4.78 is 0. The fourth-order valence-electron chi connectivity index (χ4n) is 3.20. The zero-order valence-electron chi connectivity index (χ0n) is 14.4. The van der Waals surface area contributed by atoms with Gasteiger partial charge >= 0.3 is 0 Å². The van der Waals surface area contributed by atoms with E-state index in [4.69, 9.17) is 11.6 Å². The van der Waals surface area contributed by atoms with E-state index >= 15 is 0 Å². The zero-order chi connectivity index (χ0) is 16.4. The summed E-state index contributed by atoms with van der Waals surface area (Å²) in [5.74, 6) is 2.89. The van der Waals surface area contributed by atoms with Crippen LogP contribution >= 0.6 is 11.6 Å². The van der Waals surface area contributed by atoms with Crippen LogP contribution in [-0.4, -0.2) is 65.6 Å². The van der Waals surface area contributed by atoms with E-state index in [9.17, 15) is 0 Å². The molecule has 0 aromatic carbocycles. The molecule has 0 amide bonds. The van der Waals surface area contributed by atoms with Crippen LogP contribution in [-0.2, 0) is 0 Å². The maximum atomic E-state index is 6.16. The molecule has 1 aliphatic carbocycles. The quantitative estimate of drug-likeness (QED) is 0.808. The fraction of sp³-hybridized carbons (Fsp3) is 0.765. The van der Waals surface area contributed by atoms with Crippen molar-refractivity contribution in [2.75, 3.05) is 45.1 Å². The summed E-state index contributed by atoms with van der Waals surface area (Å²) in [6, 6.07) is 2.36. The van der Waals surface area contributed by atoms with Gasteiger partial charge in [-0.15, -0.1) is 0 Å². The summed E-state index contributed by atoms with van der Waals surface area (Å²) >= 11 is 6.16. The van der Waals surface area contributed by atoms with Gasteiger partial charge in [0.2, 0.25) is 0 Å². The summed E-state index contributed by atoms with van der Waals surface area (Å²) in [5, 5.41) is 4.05. The topological polar surface area (TPSA) is 44.3 Å². The number of likely N-dealkylation sites (N-methyl/N-ethyl adjacent to an activating group) is 1. The number of nitrogens with one attached hydrogen (secondary N) is 1. The minimum Gasteiger partial charge on any atom is -0.368 e. The lowest BCUT2D eigenvalue weighted by Gasteiger charge is -2.40. The molecule has 2 fully saturated rings. The Morgan fingerprint density at radius 3 is 2.52 bits per heavy atom. The van der Waals surface area contributed by atoms with Gasteiger partial charge in [0.15, 0.2) is 0 Å². The smallest absolute Gasteiger partial charge is 0.135 e. The van der Waals surface area contributed by atoms with E-state index in [1.807, 2.05) is 6.07 Å². The first-order valence-corrected chi connectivity index (χ1v) is 9.11. The molecular weight excluding hydrogens is 310 g/mol. The van der Waals surface area contributed by atoms with Gasteiger partial charge in [-0.1, -0.05) is 25.4 Å². The molecule has 1 aliphatic heterocycles. The fourth-order valence-corrected chi connectivity index (χ4v) is 3.39. The molecule has 0 spiro atoms. The first kappa shape index (κ1) is 16.9. The van der Waals surface area contributed by atoms with Crippen LogP contribution in [0.3, 0.4) is 0 Å². The maximum absolute atomic E-state index is 6.16. The molecule has 5 nitrogen and oxygen atoms in total. The molecule has 1 aromatic heterocycles. The molecule has 1 aromatic rings. The number of piperazine rings is 1. The number of hydrogen-bond acceptors (Lipinski definition) is 5. The van der Waals surface area contributed by atoms with E-state index in [1.54, 1.807) is 0 Å². The van der Waals surface area contributed by atoms with E-state index in [1.165, 1.54) is 12.8 Å². The van der Waals surface area contributed by atoms with Gasteiger partial charge in [-0.2, -0.15) is 0 Å². The Bertz CT molecular complexity index is 524. The molecule has 2 heterocycles. The van der Waals surface area contributed by atoms with Crippen molar-refractivity contribution in [1.82, 2.24) is 19.8 Å². The van der Waals surface area contributed by atoms with E-state index in [0.29, 0.717) is 23.0 Å². The van der Waals surface area contributed by atoms with Crippen molar-refractivity contribution in [1.29, 1.82) is 0 Å². The number of rotatable bonds is 6. The molecule has 128 valence electrons. The van der Waals surface area contributed by atoms with Crippen molar-refractivity contribution in [2.24, 2.45) is 5.92 Å². The molecule has 1 saturated carbocycles. The summed E-state index contributed by atoms with van der Waals surface area (Å²) in [6.07, 6.45) is 2.38.